The average Bonchev–Trinajstić information content (AvgIpc) is 2.40. The van der Waals surface area contributed by atoms with E-state index in [1.807, 2.05) is 30.3 Å². The van der Waals surface area contributed by atoms with Gasteiger partial charge < -0.3 is 0 Å². The predicted molar refractivity (Wildman–Crippen MR) is 73.1 cm³/mol. The topological polar surface area (TPSA) is 34.1 Å². The quantitative estimate of drug-likeness (QED) is 0.618. The van der Waals surface area contributed by atoms with Gasteiger partial charge in [-0.15, -0.1) is 0 Å². The van der Waals surface area contributed by atoms with E-state index in [0.717, 1.165) is 4.90 Å². The van der Waals surface area contributed by atoms with Crippen LogP contribution in [0.4, 0.5) is 0 Å². The second-order valence-electron chi connectivity index (χ2n) is 3.84. The van der Waals surface area contributed by atoms with Crippen molar-refractivity contribution in [2.24, 2.45) is 0 Å². The van der Waals surface area contributed by atoms with Gasteiger partial charge in [0.2, 0.25) is 5.12 Å². The first-order valence-electron chi connectivity index (χ1n) is 5.55. The molecule has 0 fully saturated rings. The van der Waals surface area contributed by atoms with E-state index in [1.165, 1.54) is 18.7 Å². The standard InChI is InChI=1S/C15H12O2S/c1-11(16)12-7-9-13(10-8-12)15(17)18-14-5-3-2-4-6-14/h2-10H,1H3. The van der Waals surface area contributed by atoms with Gasteiger partial charge in [0.1, 0.15) is 0 Å². The Morgan fingerprint density at radius 3 is 1.94 bits per heavy atom. The maximum atomic E-state index is 12.0. The highest BCUT2D eigenvalue weighted by molar-refractivity contribution is 8.14. The van der Waals surface area contributed by atoms with Crippen LogP contribution in [0.15, 0.2) is 59.5 Å². The second-order valence-corrected chi connectivity index (χ2v) is 4.88. The summed E-state index contributed by atoms with van der Waals surface area (Å²) in [6.07, 6.45) is 0. The summed E-state index contributed by atoms with van der Waals surface area (Å²) in [5.41, 5.74) is 1.23. The number of carbonyl (C=O) groups is 2. The molecular formula is C15H12O2S. The fourth-order valence-corrected chi connectivity index (χ4v) is 2.26. The highest BCUT2D eigenvalue weighted by Crippen LogP contribution is 2.22. The number of carbonyl (C=O) groups excluding carboxylic acids is 2. The van der Waals surface area contributed by atoms with Crippen LogP contribution in [-0.4, -0.2) is 10.9 Å². The largest absolute Gasteiger partial charge is 0.295 e. The van der Waals surface area contributed by atoms with E-state index >= 15 is 0 Å². The lowest BCUT2D eigenvalue weighted by Gasteiger charge is -2.01. The molecule has 90 valence electrons. The normalized spacial score (nSPS) is 10.1. The van der Waals surface area contributed by atoms with Gasteiger partial charge in [-0.25, -0.2) is 0 Å². The molecule has 0 atom stereocenters. The molecule has 0 aliphatic rings. The molecule has 2 aromatic carbocycles. The molecule has 2 rings (SSSR count). The number of ketones is 1. The van der Waals surface area contributed by atoms with Crippen molar-refractivity contribution in [1.82, 2.24) is 0 Å². The van der Waals surface area contributed by atoms with Gasteiger partial charge in [-0.2, -0.15) is 0 Å². The molecule has 3 heteroatoms. The average molecular weight is 256 g/mol. The van der Waals surface area contributed by atoms with E-state index < -0.39 is 0 Å². The lowest BCUT2D eigenvalue weighted by molar-refractivity contribution is 0.101. The fraction of sp³-hybridized carbons (Fsp3) is 0.0667. The Balaban J connectivity index is 2.12. The van der Waals surface area contributed by atoms with Crippen molar-refractivity contribution < 1.29 is 9.59 Å². The highest BCUT2D eigenvalue weighted by atomic mass is 32.2. The van der Waals surface area contributed by atoms with Crippen molar-refractivity contribution in [3.05, 3.63) is 65.7 Å². The summed E-state index contributed by atoms with van der Waals surface area (Å²) in [5, 5.41) is -0.0173. The number of hydrogen-bond donors (Lipinski definition) is 0. The Morgan fingerprint density at radius 2 is 1.39 bits per heavy atom. The first-order valence-corrected chi connectivity index (χ1v) is 6.37. The summed E-state index contributed by atoms with van der Waals surface area (Å²) in [7, 11) is 0. The van der Waals surface area contributed by atoms with Gasteiger partial charge >= 0.3 is 0 Å². The molecule has 0 N–H and O–H groups in total. The lowest BCUT2D eigenvalue weighted by Crippen LogP contribution is -1.96. The molecule has 0 aliphatic carbocycles. The van der Waals surface area contributed by atoms with Crippen LogP contribution in [0, 0.1) is 0 Å². The third-order valence-corrected chi connectivity index (χ3v) is 3.41. The molecule has 0 saturated carbocycles. The number of rotatable bonds is 3. The SMILES string of the molecule is CC(=O)c1ccc(C(=O)Sc2ccccc2)cc1. The van der Waals surface area contributed by atoms with Crippen LogP contribution in [0.2, 0.25) is 0 Å². The predicted octanol–water partition coefficient (Wildman–Crippen LogP) is 3.82. The molecule has 0 aliphatic heterocycles. The zero-order valence-electron chi connectivity index (χ0n) is 9.92. The monoisotopic (exact) mass is 256 g/mol. The van der Waals surface area contributed by atoms with Gasteiger partial charge in [0.25, 0.3) is 0 Å². The van der Waals surface area contributed by atoms with E-state index in [9.17, 15) is 9.59 Å². The third-order valence-electron chi connectivity index (χ3n) is 2.48. The highest BCUT2D eigenvalue weighted by Gasteiger charge is 2.08. The first-order chi connectivity index (χ1) is 8.66. The third kappa shape index (κ3) is 3.08. The van der Waals surface area contributed by atoms with Gasteiger partial charge in [-0.05, 0) is 43.0 Å². The van der Waals surface area contributed by atoms with Gasteiger partial charge in [0, 0.05) is 16.0 Å². The summed E-state index contributed by atoms with van der Waals surface area (Å²) in [4.78, 5) is 24.0. The Morgan fingerprint density at radius 1 is 0.833 bits per heavy atom. The Bertz CT molecular complexity index is 559. The van der Waals surface area contributed by atoms with Gasteiger partial charge in [-0.1, -0.05) is 30.3 Å². The smallest absolute Gasteiger partial charge is 0.224 e. The van der Waals surface area contributed by atoms with Crippen molar-refractivity contribution in [3.8, 4) is 0 Å². The molecule has 2 nitrogen and oxygen atoms in total. The van der Waals surface area contributed by atoms with Crippen LogP contribution in [0.3, 0.4) is 0 Å². The molecular weight excluding hydrogens is 244 g/mol. The number of hydrogen-bond acceptors (Lipinski definition) is 3. The Hall–Kier alpha value is -1.87. The summed E-state index contributed by atoms with van der Waals surface area (Å²) >= 11 is 1.19. The van der Waals surface area contributed by atoms with Crippen LogP contribution in [0.25, 0.3) is 0 Å². The van der Waals surface area contributed by atoms with Crippen LogP contribution >= 0.6 is 11.8 Å². The van der Waals surface area contributed by atoms with Gasteiger partial charge in [-0.3, -0.25) is 9.59 Å². The summed E-state index contributed by atoms with van der Waals surface area (Å²) < 4.78 is 0. The summed E-state index contributed by atoms with van der Waals surface area (Å²) in [5.74, 6) is 0.00436. The van der Waals surface area contributed by atoms with Crippen LogP contribution in [0.1, 0.15) is 27.6 Å². The minimum atomic E-state index is -0.0173. The second kappa shape index (κ2) is 5.65. The zero-order chi connectivity index (χ0) is 13.0. The maximum Gasteiger partial charge on any atom is 0.224 e. The van der Waals surface area contributed by atoms with Crippen molar-refractivity contribution in [1.29, 1.82) is 0 Å². The Labute approximate surface area is 110 Å². The molecule has 18 heavy (non-hydrogen) atoms. The van der Waals surface area contributed by atoms with Crippen molar-refractivity contribution in [3.63, 3.8) is 0 Å². The maximum absolute atomic E-state index is 12.0. The first kappa shape index (κ1) is 12.6. The van der Waals surface area contributed by atoms with Gasteiger partial charge in [0.15, 0.2) is 5.78 Å². The van der Waals surface area contributed by atoms with E-state index in [-0.39, 0.29) is 10.9 Å². The molecule has 0 unspecified atom stereocenters. The van der Waals surface area contributed by atoms with E-state index in [4.69, 9.17) is 0 Å². The number of Topliss-reactive ketones (excluding diaryl/α,β-unsaturated/α-hetero) is 1. The van der Waals surface area contributed by atoms with E-state index in [2.05, 4.69) is 0 Å². The molecule has 0 amide bonds. The van der Waals surface area contributed by atoms with Crippen LogP contribution in [-0.2, 0) is 0 Å². The van der Waals surface area contributed by atoms with E-state index in [0.29, 0.717) is 11.1 Å². The molecule has 0 radical (unpaired) electrons. The minimum absolute atomic E-state index is 0.00436. The fourth-order valence-electron chi connectivity index (χ4n) is 1.50. The molecule has 2 aromatic rings. The van der Waals surface area contributed by atoms with E-state index in [1.54, 1.807) is 24.3 Å². The molecule has 0 saturated heterocycles. The molecule has 0 bridgehead atoms. The van der Waals surface area contributed by atoms with Crippen molar-refractivity contribution >= 4 is 22.7 Å². The molecule has 0 aromatic heterocycles. The lowest BCUT2D eigenvalue weighted by atomic mass is 10.1. The minimum Gasteiger partial charge on any atom is -0.295 e. The van der Waals surface area contributed by atoms with Crippen LogP contribution in [0.5, 0.6) is 0 Å². The van der Waals surface area contributed by atoms with Gasteiger partial charge in [0.05, 0.1) is 0 Å². The number of thioether (sulfide) groups is 1. The van der Waals surface area contributed by atoms with Crippen molar-refractivity contribution in [2.75, 3.05) is 0 Å². The van der Waals surface area contributed by atoms with Crippen molar-refractivity contribution in [2.45, 2.75) is 11.8 Å². The summed E-state index contributed by atoms with van der Waals surface area (Å²) in [6, 6.07) is 16.2. The molecule has 0 spiro atoms. The molecule has 0 heterocycles. The summed E-state index contributed by atoms with van der Waals surface area (Å²) in [6.45, 7) is 1.51. The zero-order valence-corrected chi connectivity index (χ0v) is 10.7. The Kier molecular flexibility index (Phi) is 3.95. The number of benzene rings is 2. The van der Waals surface area contributed by atoms with Crippen LogP contribution < -0.4 is 0 Å².